The molecule has 98 valence electrons. The van der Waals surface area contributed by atoms with Gasteiger partial charge in [-0.1, -0.05) is 6.07 Å². The van der Waals surface area contributed by atoms with Crippen molar-refractivity contribution in [1.29, 1.82) is 0 Å². The van der Waals surface area contributed by atoms with Gasteiger partial charge in [-0.25, -0.2) is 0 Å². The summed E-state index contributed by atoms with van der Waals surface area (Å²) in [7, 11) is 0. The maximum Gasteiger partial charge on any atom is 0.321 e. The van der Waals surface area contributed by atoms with Gasteiger partial charge in [-0.05, 0) is 6.07 Å². The topological polar surface area (TPSA) is 62.5 Å². The van der Waals surface area contributed by atoms with Crippen molar-refractivity contribution in [3.05, 3.63) is 34.7 Å². The fraction of sp³-hybridized carbons (Fsp3) is 0.500. The summed E-state index contributed by atoms with van der Waals surface area (Å²) in [5, 5.41) is 9.14. The summed E-state index contributed by atoms with van der Waals surface area (Å²) in [5.74, 6) is 0.801. The molecule has 2 heterocycles. The molecule has 1 fully saturated rings. The molecule has 1 aromatic rings. The first-order chi connectivity index (χ1) is 8.68. The number of carboxylic acids is 1. The predicted octanol–water partition coefficient (Wildman–Crippen LogP) is 0.350. The molecule has 1 atom stereocenters. The van der Waals surface area contributed by atoms with Crippen molar-refractivity contribution >= 4 is 17.7 Å². The second kappa shape index (κ2) is 6.06. The highest BCUT2D eigenvalue weighted by atomic mass is 32.2. The van der Waals surface area contributed by atoms with Crippen LogP contribution in [0.15, 0.2) is 29.2 Å². The van der Waals surface area contributed by atoms with Crippen molar-refractivity contribution < 1.29 is 9.90 Å². The molecule has 18 heavy (non-hydrogen) atoms. The van der Waals surface area contributed by atoms with Crippen molar-refractivity contribution in [2.75, 3.05) is 24.6 Å². The number of carbonyl (C=O) groups is 1. The maximum atomic E-state index is 11.5. The minimum atomic E-state index is -0.775. The van der Waals surface area contributed by atoms with E-state index in [1.165, 1.54) is 6.07 Å². The molecule has 1 aromatic heterocycles. The van der Waals surface area contributed by atoms with Gasteiger partial charge in [0.05, 0.1) is 0 Å². The molecule has 1 N–H and O–H groups in total. The van der Waals surface area contributed by atoms with Gasteiger partial charge in [-0.3, -0.25) is 14.5 Å². The normalized spacial score (nSPS) is 20.8. The Balaban J connectivity index is 1.98. The fourth-order valence-electron chi connectivity index (χ4n) is 2.01. The third-order valence-electron chi connectivity index (χ3n) is 3.05. The van der Waals surface area contributed by atoms with Crippen molar-refractivity contribution in [2.45, 2.75) is 12.6 Å². The summed E-state index contributed by atoms with van der Waals surface area (Å²) in [4.78, 5) is 24.6. The monoisotopic (exact) mass is 268 g/mol. The number of hydrogen-bond acceptors (Lipinski definition) is 4. The molecule has 0 amide bonds. The van der Waals surface area contributed by atoms with Gasteiger partial charge in [0, 0.05) is 43.4 Å². The summed E-state index contributed by atoms with van der Waals surface area (Å²) in [6, 6.07) is 4.60. The van der Waals surface area contributed by atoms with Crippen LogP contribution in [0.5, 0.6) is 0 Å². The van der Waals surface area contributed by atoms with E-state index in [9.17, 15) is 9.59 Å². The van der Waals surface area contributed by atoms with Crippen LogP contribution in [0, 0.1) is 0 Å². The van der Waals surface area contributed by atoms with Crippen molar-refractivity contribution in [1.82, 2.24) is 9.47 Å². The quantitative estimate of drug-likeness (QED) is 0.854. The fourth-order valence-corrected chi connectivity index (χ4v) is 3.12. The number of rotatable bonds is 4. The molecule has 0 radical (unpaired) electrons. The summed E-state index contributed by atoms with van der Waals surface area (Å²) < 4.78 is 1.61. The van der Waals surface area contributed by atoms with Crippen molar-refractivity contribution in [3.8, 4) is 0 Å². The third kappa shape index (κ3) is 3.14. The van der Waals surface area contributed by atoms with Crippen LogP contribution in [0.2, 0.25) is 0 Å². The minimum absolute atomic E-state index is 0.0456. The zero-order valence-electron chi connectivity index (χ0n) is 9.99. The Morgan fingerprint density at radius 2 is 2.28 bits per heavy atom. The third-order valence-corrected chi connectivity index (χ3v) is 4.07. The summed E-state index contributed by atoms with van der Waals surface area (Å²) >= 11 is 1.67. The predicted molar refractivity (Wildman–Crippen MR) is 71.0 cm³/mol. The van der Waals surface area contributed by atoms with Crippen LogP contribution in [0.3, 0.4) is 0 Å². The Labute approximate surface area is 109 Å². The lowest BCUT2D eigenvalue weighted by Crippen LogP contribution is -2.48. The summed E-state index contributed by atoms with van der Waals surface area (Å²) in [6.45, 7) is 1.90. The van der Waals surface area contributed by atoms with E-state index in [0.29, 0.717) is 18.8 Å². The molecule has 2 rings (SSSR count). The SMILES string of the molecule is O=C(O)C1CSCCN1CCn1ccccc1=O. The maximum absolute atomic E-state index is 11.5. The van der Waals surface area contributed by atoms with E-state index in [1.54, 1.807) is 28.6 Å². The Hall–Kier alpha value is -1.27. The molecular formula is C12H16N2O3S. The molecule has 0 spiro atoms. The lowest BCUT2D eigenvalue weighted by molar-refractivity contribution is -0.142. The molecule has 0 aromatic carbocycles. The Morgan fingerprint density at radius 1 is 1.44 bits per heavy atom. The highest BCUT2D eigenvalue weighted by Crippen LogP contribution is 2.16. The minimum Gasteiger partial charge on any atom is -0.480 e. The number of thioether (sulfide) groups is 1. The zero-order valence-corrected chi connectivity index (χ0v) is 10.8. The molecule has 1 unspecified atom stereocenters. The number of aliphatic carboxylic acids is 1. The standard InChI is InChI=1S/C12H16N2O3S/c15-11-3-1-2-4-14(11)6-5-13-7-8-18-9-10(13)12(16)17/h1-4,10H,5-9H2,(H,16,17). The van der Waals surface area contributed by atoms with Gasteiger partial charge in [-0.2, -0.15) is 11.8 Å². The van der Waals surface area contributed by atoms with Gasteiger partial charge in [-0.15, -0.1) is 0 Å². The van der Waals surface area contributed by atoms with Crippen LogP contribution in [-0.2, 0) is 11.3 Å². The average Bonchev–Trinajstić information content (AvgIpc) is 2.38. The highest BCUT2D eigenvalue weighted by molar-refractivity contribution is 7.99. The van der Waals surface area contributed by atoms with E-state index in [-0.39, 0.29) is 5.56 Å². The molecule has 0 saturated carbocycles. The zero-order chi connectivity index (χ0) is 13.0. The van der Waals surface area contributed by atoms with E-state index in [2.05, 4.69) is 0 Å². The van der Waals surface area contributed by atoms with E-state index in [4.69, 9.17) is 5.11 Å². The van der Waals surface area contributed by atoms with Gasteiger partial charge < -0.3 is 9.67 Å². The Bertz CT molecular complexity index is 474. The van der Waals surface area contributed by atoms with E-state index < -0.39 is 12.0 Å². The number of pyridine rings is 1. The van der Waals surface area contributed by atoms with Crippen LogP contribution in [0.4, 0.5) is 0 Å². The average molecular weight is 268 g/mol. The van der Waals surface area contributed by atoms with Crippen molar-refractivity contribution in [3.63, 3.8) is 0 Å². The Kier molecular flexibility index (Phi) is 4.43. The molecule has 0 bridgehead atoms. The first kappa shape index (κ1) is 13.2. The van der Waals surface area contributed by atoms with Gasteiger partial charge in [0.25, 0.3) is 5.56 Å². The first-order valence-corrected chi connectivity index (χ1v) is 7.04. The molecular weight excluding hydrogens is 252 g/mol. The summed E-state index contributed by atoms with van der Waals surface area (Å²) in [5.41, 5.74) is -0.0456. The van der Waals surface area contributed by atoms with Crippen LogP contribution < -0.4 is 5.56 Å². The smallest absolute Gasteiger partial charge is 0.321 e. The highest BCUT2D eigenvalue weighted by Gasteiger charge is 2.28. The molecule has 1 saturated heterocycles. The van der Waals surface area contributed by atoms with Crippen LogP contribution in [0.25, 0.3) is 0 Å². The number of carboxylic acid groups (broad SMARTS) is 1. The lowest BCUT2D eigenvalue weighted by Gasteiger charge is -2.32. The molecule has 1 aliphatic rings. The van der Waals surface area contributed by atoms with Gasteiger partial charge in [0.15, 0.2) is 0 Å². The van der Waals surface area contributed by atoms with E-state index in [0.717, 1.165) is 12.3 Å². The van der Waals surface area contributed by atoms with Gasteiger partial charge in [0.1, 0.15) is 6.04 Å². The van der Waals surface area contributed by atoms with Gasteiger partial charge >= 0.3 is 5.97 Å². The van der Waals surface area contributed by atoms with Crippen molar-refractivity contribution in [2.24, 2.45) is 0 Å². The van der Waals surface area contributed by atoms with E-state index in [1.807, 2.05) is 11.0 Å². The number of hydrogen-bond donors (Lipinski definition) is 1. The van der Waals surface area contributed by atoms with E-state index >= 15 is 0 Å². The van der Waals surface area contributed by atoms with Crippen LogP contribution in [0.1, 0.15) is 0 Å². The second-order valence-electron chi connectivity index (χ2n) is 4.20. The number of nitrogens with zero attached hydrogens (tertiary/aromatic N) is 2. The molecule has 1 aliphatic heterocycles. The first-order valence-electron chi connectivity index (χ1n) is 5.88. The number of aromatic nitrogens is 1. The molecule has 0 aliphatic carbocycles. The Morgan fingerprint density at radius 3 is 3.00 bits per heavy atom. The van der Waals surface area contributed by atoms with Gasteiger partial charge in [0.2, 0.25) is 0 Å². The second-order valence-corrected chi connectivity index (χ2v) is 5.35. The van der Waals surface area contributed by atoms with Crippen LogP contribution >= 0.6 is 11.8 Å². The summed E-state index contributed by atoms with van der Waals surface area (Å²) in [6.07, 6.45) is 1.73. The van der Waals surface area contributed by atoms with Crippen LogP contribution in [-0.4, -0.2) is 51.2 Å². The molecule has 5 nitrogen and oxygen atoms in total. The lowest BCUT2D eigenvalue weighted by atomic mass is 10.2. The largest absolute Gasteiger partial charge is 0.480 e. The molecule has 6 heteroatoms.